The molecule has 0 N–H and O–H groups in total. The molecule has 0 saturated heterocycles. The van der Waals surface area contributed by atoms with Gasteiger partial charge in [0.15, 0.2) is 0 Å². The summed E-state index contributed by atoms with van der Waals surface area (Å²) in [6.07, 6.45) is 3.49. The van der Waals surface area contributed by atoms with Crippen molar-refractivity contribution in [3.05, 3.63) is 12.3 Å². The Balaban J connectivity index is 2.32. The summed E-state index contributed by atoms with van der Waals surface area (Å²) in [5.41, 5.74) is 3.40. The molecule has 0 bridgehead atoms. The van der Waals surface area contributed by atoms with E-state index in [1.807, 2.05) is 6.08 Å². The predicted molar refractivity (Wildman–Crippen MR) is 17.2 cm³/mol. The first-order valence-corrected chi connectivity index (χ1v) is 1.47. The second-order valence-corrected chi connectivity index (χ2v) is 0.786. The first-order valence-electron chi connectivity index (χ1n) is 1.47. The van der Waals surface area contributed by atoms with E-state index in [0.29, 0.717) is 6.61 Å². The molecular weight excluding hydrogens is 66.0 g/mol. The maximum atomic E-state index is 4.46. The van der Waals surface area contributed by atoms with Crippen LogP contribution in [0, 0.1) is 0 Å². The fourth-order valence-corrected chi connectivity index (χ4v) is 0.215. The van der Waals surface area contributed by atoms with E-state index in [1.165, 1.54) is 0 Å². The van der Waals surface area contributed by atoms with Crippen LogP contribution in [0.15, 0.2) is 12.3 Å². The highest BCUT2D eigenvalue weighted by Crippen LogP contribution is 1.80. The number of hydroxylamine groups is 1. The van der Waals surface area contributed by atoms with Crippen molar-refractivity contribution in [1.82, 2.24) is 5.48 Å². The van der Waals surface area contributed by atoms with Crippen LogP contribution in [0.25, 0.3) is 0 Å². The van der Waals surface area contributed by atoms with Crippen LogP contribution in [0.4, 0.5) is 0 Å². The normalized spacial score (nSPS) is 19.2. The van der Waals surface area contributed by atoms with Gasteiger partial charge in [0, 0.05) is 0 Å². The number of rotatable bonds is 0. The molecule has 0 saturated carbocycles. The van der Waals surface area contributed by atoms with Crippen LogP contribution in [0.1, 0.15) is 0 Å². The first kappa shape index (κ1) is 2.72. The minimum absolute atomic E-state index is 0.653. The number of nitrogens with zero attached hydrogens (tertiary/aromatic N) is 1. The third-order valence-electron chi connectivity index (χ3n) is 0.412. The molecule has 2 nitrogen and oxygen atoms in total. The van der Waals surface area contributed by atoms with Crippen molar-refractivity contribution in [2.24, 2.45) is 0 Å². The van der Waals surface area contributed by atoms with Gasteiger partial charge < -0.3 is 0 Å². The fraction of sp³-hybridized carbons (Fsp3) is 0.333. The highest BCUT2D eigenvalue weighted by atomic mass is 16.6. The van der Waals surface area contributed by atoms with Crippen LogP contribution in [0.2, 0.25) is 0 Å². The average molecular weight is 70.1 g/mol. The quantitative estimate of drug-likeness (QED) is 0.395. The average Bonchev–Trinajstić information content (AvgIpc) is 1.76. The minimum atomic E-state index is 0.653. The molecule has 5 heavy (non-hydrogen) atoms. The van der Waals surface area contributed by atoms with Gasteiger partial charge in [-0.25, -0.2) is 4.84 Å². The Labute approximate surface area is 30.4 Å². The van der Waals surface area contributed by atoms with Gasteiger partial charge in [-0.2, -0.15) is 0 Å². The van der Waals surface area contributed by atoms with E-state index < -0.39 is 0 Å². The summed E-state index contributed by atoms with van der Waals surface area (Å²) in [6.45, 7) is 0.653. The Morgan fingerprint density at radius 3 is 3.00 bits per heavy atom. The van der Waals surface area contributed by atoms with Crippen LogP contribution in [-0.2, 0) is 4.84 Å². The van der Waals surface area contributed by atoms with Crippen molar-refractivity contribution in [2.45, 2.75) is 0 Å². The van der Waals surface area contributed by atoms with Crippen LogP contribution >= 0.6 is 0 Å². The van der Waals surface area contributed by atoms with E-state index in [9.17, 15) is 0 Å². The molecular formula is C3H4NO. The van der Waals surface area contributed by atoms with Crippen molar-refractivity contribution >= 4 is 0 Å². The standard InChI is InChI=1S/C3H4NO/c1-2-4-5-3-1/h1-2H,3H2. The molecule has 1 rings (SSSR count). The van der Waals surface area contributed by atoms with E-state index in [4.69, 9.17) is 0 Å². The Morgan fingerprint density at radius 1 is 1.80 bits per heavy atom. The van der Waals surface area contributed by atoms with Crippen molar-refractivity contribution in [1.29, 1.82) is 0 Å². The molecule has 0 aliphatic carbocycles. The maximum absolute atomic E-state index is 4.46. The van der Waals surface area contributed by atoms with Gasteiger partial charge >= 0.3 is 0 Å². The number of hydrogen-bond acceptors (Lipinski definition) is 1. The van der Waals surface area contributed by atoms with Crippen molar-refractivity contribution < 1.29 is 4.84 Å². The van der Waals surface area contributed by atoms with Crippen molar-refractivity contribution in [2.75, 3.05) is 6.61 Å². The molecule has 27 valence electrons. The Kier molecular flexibility index (Phi) is 0.588. The van der Waals surface area contributed by atoms with E-state index in [1.54, 1.807) is 6.20 Å². The smallest absolute Gasteiger partial charge is 0.0971 e. The summed E-state index contributed by atoms with van der Waals surface area (Å²) >= 11 is 0. The molecule has 1 heterocycles. The molecule has 0 fully saturated rings. The monoisotopic (exact) mass is 70.0 g/mol. The van der Waals surface area contributed by atoms with Gasteiger partial charge in [0.05, 0.1) is 12.8 Å². The third-order valence-corrected chi connectivity index (χ3v) is 0.412. The molecule has 1 aliphatic rings. The van der Waals surface area contributed by atoms with Crippen LogP contribution < -0.4 is 5.48 Å². The van der Waals surface area contributed by atoms with E-state index in [2.05, 4.69) is 10.3 Å². The molecule has 0 amide bonds. The third kappa shape index (κ3) is 0.389. The van der Waals surface area contributed by atoms with Gasteiger partial charge in [-0.3, -0.25) is 0 Å². The van der Waals surface area contributed by atoms with Crippen molar-refractivity contribution in [3.8, 4) is 0 Å². The van der Waals surface area contributed by atoms with E-state index in [0.717, 1.165) is 0 Å². The molecule has 0 aromatic heterocycles. The van der Waals surface area contributed by atoms with E-state index in [-0.39, 0.29) is 0 Å². The lowest BCUT2D eigenvalue weighted by atomic mass is 10.7. The fourth-order valence-electron chi connectivity index (χ4n) is 0.215. The predicted octanol–water partition coefficient (Wildman–Crippen LogP) is 0.0497. The summed E-state index contributed by atoms with van der Waals surface area (Å²) in [5, 5.41) is 0. The lowest BCUT2D eigenvalue weighted by Crippen LogP contribution is -1.85. The lowest BCUT2D eigenvalue weighted by molar-refractivity contribution is 0.107. The number of hydrogen-bond donors (Lipinski definition) is 0. The Bertz CT molecular complexity index is 44.9. The molecule has 0 aromatic carbocycles. The van der Waals surface area contributed by atoms with E-state index >= 15 is 0 Å². The summed E-state index contributed by atoms with van der Waals surface area (Å²) in [4.78, 5) is 4.46. The topological polar surface area (TPSA) is 23.3 Å². The van der Waals surface area contributed by atoms with Crippen LogP contribution in [-0.4, -0.2) is 6.61 Å². The largest absolute Gasteiger partial charge is 0.248 e. The molecule has 2 heteroatoms. The zero-order valence-corrected chi connectivity index (χ0v) is 2.72. The maximum Gasteiger partial charge on any atom is 0.0971 e. The van der Waals surface area contributed by atoms with Gasteiger partial charge in [0.1, 0.15) is 0 Å². The van der Waals surface area contributed by atoms with Crippen LogP contribution in [0.3, 0.4) is 0 Å². The lowest BCUT2D eigenvalue weighted by Gasteiger charge is -1.76. The first-order chi connectivity index (χ1) is 2.50. The highest BCUT2D eigenvalue weighted by molar-refractivity contribution is 4.79. The van der Waals surface area contributed by atoms with Gasteiger partial charge in [-0.05, 0) is 6.08 Å². The zero-order chi connectivity index (χ0) is 3.54. The molecule has 0 spiro atoms. The summed E-state index contributed by atoms with van der Waals surface area (Å²) in [7, 11) is 0. The molecule has 1 aliphatic heterocycles. The highest BCUT2D eigenvalue weighted by Gasteiger charge is 1.84. The minimum Gasteiger partial charge on any atom is -0.248 e. The Morgan fingerprint density at radius 2 is 2.80 bits per heavy atom. The summed E-state index contributed by atoms with van der Waals surface area (Å²) in [6, 6.07) is 0. The molecule has 0 atom stereocenters. The zero-order valence-electron chi connectivity index (χ0n) is 2.72. The second-order valence-electron chi connectivity index (χ2n) is 0.786. The second kappa shape index (κ2) is 1.08. The van der Waals surface area contributed by atoms with Crippen molar-refractivity contribution in [3.63, 3.8) is 0 Å². The van der Waals surface area contributed by atoms with Gasteiger partial charge in [0.25, 0.3) is 0 Å². The Hall–Kier alpha value is -0.500. The van der Waals surface area contributed by atoms with Gasteiger partial charge in [-0.15, -0.1) is 5.48 Å². The SMILES string of the molecule is C1=C[N]OC1. The summed E-state index contributed by atoms with van der Waals surface area (Å²) < 4.78 is 0. The van der Waals surface area contributed by atoms with Gasteiger partial charge in [-0.1, -0.05) is 0 Å². The molecule has 0 aromatic rings. The van der Waals surface area contributed by atoms with Crippen LogP contribution in [0.5, 0.6) is 0 Å². The molecule has 1 radical (unpaired) electrons. The molecule has 0 unspecified atom stereocenters. The van der Waals surface area contributed by atoms with Gasteiger partial charge in [0.2, 0.25) is 0 Å². The summed E-state index contributed by atoms with van der Waals surface area (Å²) in [5.74, 6) is 0.